The van der Waals surface area contributed by atoms with Gasteiger partial charge in [-0.2, -0.15) is 0 Å². The number of nitro groups is 1. The van der Waals surface area contributed by atoms with Crippen LogP contribution >= 0.6 is 0 Å². The summed E-state index contributed by atoms with van der Waals surface area (Å²) in [6.07, 6.45) is 5.48. The maximum Gasteiger partial charge on any atom is 0.328 e. The minimum atomic E-state index is -1.84. The number of aliphatic hydroxyl groups excluding tert-OH is 1. The van der Waals surface area contributed by atoms with Gasteiger partial charge in [-0.3, -0.25) is 29.3 Å². The first-order valence-electron chi connectivity index (χ1n) is 16.4. The Morgan fingerprint density at radius 1 is 1.16 bits per heavy atom. The highest BCUT2D eigenvalue weighted by atomic mass is 16.6. The van der Waals surface area contributed by atoms with Crippen molar-refractivity contribution in [2.24, 2.45) is 28.6 Å². The number of phenolic OH excluding ortho intramolecular Hbond substituents is 1. The normalized spacial score (nSPS) is 32.1. The SMILES string of the molecule is COC(=O)[C@@H](Cc1ccc(O)c([N+](=O)[O-])c1)NC(=O)CCC(=O)OCC(=O)[C@]1(O)CC[C@H]2[C@@H]3CCC4=CC(=O)C=C[C@]4(C)[C@H]3[C@H](O)C[C@@]21C. The molecule has 0 radical (unpaired) electrons. The second kappa shape index (κ2) is 13.5. The van der Waals surface area contributed by atoms with Crippen LogP contribution in [0.3, 0.4) is 0 Å². The van der Waals surface area contributed by atoms with Gasteiger partial charge in [0, 0.05) is 35.7 Å². The van der Waals surface area contributed by atoms with E-state index in [1.54, 1.807) is 12.2 Å². The van der Waals surface area contributed by atoms with Gasteiger partial charge in [-0.15, -0.1) is 0 Å². The molecule has 264 valence electrons. The number of methoxy groups -OCH3 is 1. The number of Topliss-reactive ketones (excluding diaryl/α,β-unsaturated/α-hetero) is 1. The Kier molecular flexibility index (Phi) is 9.86. The number of aromatic hydroxyl groups is 1. The van der Waals surface area contributed by atoms with Crippen molar-refractivity contribution in [1.82, 2.24) is 5.32 Å². The maximum absolute atomic E-state index is 13.5. The fourth-order valence-electron chi connectivity index (χ4n) is 9.02. The lowest BCUT2D eigenvalue weighted by molar-refractivity contribution is -0.385. The standard InChI is InChI=1S/C35H42N2O12/c1-33-12-10-21(38)16-20(33)5-6-22-23-11-13-35(45,34(23,2)17-27(40)31(22)33)28(41)18-49-30(43)9-8-29(42)36-24(32(44)48-3)14-19-4-7-26(39)25(15-19)37(46)47/h4,7,10,12,15-16,22-24,27,31,39-40,45H,5-6,8-9,11,13-14,17-18H2,1-3H3,(H,36,42)/t22-,23-,24+,27+,31+,33-,34-,35+/m0/s1. The number of esters is 2. The summed E-state index contributed by atoms with van der Waals surface area (Å²) in [5.41, 5.74) is -2.61. The summed E-state index contributed by atoms with van der Waals surface area (Å²) in [7, 11) is 1.10. The molecule has 3 fully saturated rings. The summed E-state index contributed by atoms with van der Waals surface area (Å²) in [6, 6.07) is 2.27. The van der Waals surface area contributed by atoms with Crippen molar-refractivity contribution in [2.75, 3.05) is 13.7 Å². The summed E-state index contributed by atoms with van der Waals surface area (Å²) in [4.78, 5) is 73.5. The molecule has 0 saturated heterocycles. The zero-order chi connectivity index (χ0) is 35.9. The lowest BCUT2D eigenvalue weighted by Crippen LogP contribution is -2.61. The molecule has 0 spiro atoms. The van der Waals surface area contributed by atoms with E-state index < -0.39 is 88.0 Å². The van der Waals surface area contributed by atoms with Gasteiger partial charge in [0.1, 0.15) is 11.6 Å². The number of carbonyl (C=O) groups excluding carboxylic acids is 5. The van der Waals surface area contributed by atoms with Gasteiger partial charge in [0.05, 0.1) is 24.6 Å². The number of aliphatic hydroxyl groups is 2. The van der Waals surface area contributed by atoms with Crippen LogP contribution < -0.4 is 5.32 Å². The molecule has 4 N–H and O–H groups in total. The highest BCUT2D eigenvalue weighted by Crippen LogP contribution is 2.67. The number of benzene rings is 1. The van der Waals surface area contributed by atoms with E-state index in [-0.39, 0.29) is 48.4 Å². The highest BCUT2D eigenvalue weighted by molar-refractivity contribution is 6.01. The van der Waals surface area contributed by atoms with Crippen molar-refractivity contribution < 1.29 is 53.7 Å². The van der Waals surface area contributed by atoms with Crippen LogP contribution in [-0.4, -0.2) is 81.1 Å². The van der Waals surface area contributed by atoms with E-state index in [9.17, 15) is 49.4 Å². The Hall–Kier alpha value is -4.43. The van der Waals surface area contributed by atoms with Crippen LogP contribution in [0.15, 0.2) is 42.0 Å². The topological polar surface area (TPSA) is 220 Å². The number of amides is 1. The van der Waals surface area contributed by atoms with Gasteiger partial charge in [-0.05, 0) is 67.7 Å². The number of nitrogens with zero attached hydrogens (tertiary/aromatic N) is 1. The summed E-state index contributed by atoms with van der Waals surface area (Å²) in [5, 5.41) is 46.6. The van der Waals surface area contributed by atoms with E-state index in [0.29, 0.717) is 12.8 Å². The molecule has 3 saturated carbocycles. The molecule has 8 atom stereocenters. The molecule has 0 aromatic heterocycles. The van der Waals surface area contributed by atoms with Crippen LogP contribution in [0.1, 0.15) is 64.4 Å². The third kappa shape index (κ3) is 6.51. The predicted octanol–water partition coefficient (Wildman–Crippen LogP) is 2.40. The number of rotatable bonds is 11. The molecule has 0 aliphatic heterocycles. The van der Waals surface area contributed by atoms with Crippen molar-refractivity contribution >= 4 is 35.1 Å². The fraction of sp³-hybridized carbons (Fsp3) is 0.571. The summed E-state index contributed by atoms with van der Waals surface area (Å²) in [6.45, 7) is 3.13. The molecule has 0 bridgehead atoms. The van der Waals surface area contributed by atoms with E-state index in [2.05, 4.69) is 5.32 Å². The fourth-order valence-corrected chi connectivity index (χ4v) is 9.02. The molecule has 14 nitrogen and oxygen atoms in total. The van der Waals surface area contributed by atoms with Crippen molar-refractivity contribution in [3.05, 3.63) is 57.7 Å². The summed E-state index contributed by atoms with van der Waals surface area (Å²) < 4.78 is 9.91. The number of phenols is 1. The molecular formula is C35H42N2O12. The van der Waals surface area contributed by atoms with Gasteiger partial charge in [0.25, 0.3) is 0 Å². The molecule has 4 aliphatic carbocycles. The molecule has 0 unspecified atom stereocenters. The quantitative estimate of drug-likeness (QED) is 0.150. The van der Waals surface area contributed by atoms with Crippen LogP contribution in [0.4, 0.5) is 5.69 Å². The molecule has 49 heavy (non-hydrogen) atoms. The Labute approximate surface area is 282 Å². The van der Waals surface area contributed by atoms with E-state index in [1.165, 1.54) is 6.07 Å². The average molecular weight is 683 g/mol. The van der Waals surface area contributed by atoms with Gasteiger partial charge in [-0.25, -0.2) is 4.79 Å². The number of fused-ring (bicyclic) bond motifs is 5. The van der Waals surface area contributed by atoms with E-state index >= 15 is 0 Å². The Morgan fingerprint density at radius 3 is 2.59 bits per heavy atom. The first kappa shape index (κ1) is 35.9. The second-order valence-electron chi connectivity index (χ2n) is 14.1. The van der Waals surface area contributed by atoms with Gasteiger partial charge in [0.15, 0.2) is 18.1 Å². The number of hydrogen-bond acceptors (Lipinski definition) is 12. The van der Waals surface area contributed by atoms with Crippen LogP contribution in [0, 0.1) is 38.7 Å². The van der Waals surface area contributed by atoms with Gasteiger partial charge < -0.3 is 30.1 Å². The third-order valence-electron chi connectivity index (χ3n) is 11.5. The number of nitrogens with one attached hydrogen (secondary N) is 1. The minimum absolute atomic E-state index is 0.00890. The van der Waals surface area contributed by atoms with E-state index in [4.69, 9.17) is 9.47 Å². The molecule has 1 aromatic rings. The van der Waals surface area contributed by atoms with Crippen LogP contribution in [-0.2, 0) is 39.9 Å². The molecule has 4 aliphatic rings. The van der Waals surface area contributed by atoms with Crippen molar-refractivity contribution in [3.8, 4) is 5.75 Å². The first-order chi connectivity index (χ1) is 23.0. The second-order valence-corrected chi connectivity index (χ2v) is 14.1. The maximum atomic E-state index is 13.5. The largest absolute Gasteiger partial charge is 0.502 e. The summed E-state index contributed by atoms with van der Waals surface area (Å²) in [5.74, 6) is -3.98. The molecule has 0 heterocycles. The Balaban J connectivity index is 1.16. The van der Waals surface area contributed by atoms with Crippen LogP contribution in [0.5, 0.6) is 5.75 Å². The third-order valence-corrected chi connectivity index (χ3v) is 11.5. The van der Waals surface area contributed by atoms with Gasteiger partial charge in [0.2, 0.25) is 11.7 Å². The van der Waals surface area contributed by atoms with Crippen molar-refractivity contribution in [3.63, 3.8) is 0 Å². The lowest BCUT2D eigenvalue weighted by atomic mass is 9.46. The Morgan fingerprint density at radius 2 is 1.90 bits per heavy atom. The molecule has 5 rings (SSSR count). The van der Waals surface area contributed by atoms with Crippen LogP contribution in [0.2, 0.25) is 0 Å². The average Bonchev–Trinajstić information content (AvgIpc) is 3.33. The first-order valence-corrected chi connectivity index (χ1v) is 16.4. The smallest absolute Gasteiger partial charge is 0.328 e. The molecule has 1 amide bonds. The number of carbonyl (C=O) groups is 5. The lowest BCUT2D eigenvalue weighted by Gasteiger charge is -2.59. The zero-order valence-corrected chi connectivity index (χ0v) is 27.7. The minimum Gasteiger partial charge on any atom is -0.502 e. The van der Waals surface area contributed by atoms with E-state index in [0.717, 1.165) is 31.2 Å². The number of nitro benzene ring substituents is 1. The Bertz CT molecular complexity index is 1640. The molecule has 1 aromatic carbocycles. The van der Waals surface area contributed by atoms with Gasteiger partial charge in [-0.1, -0.05) is 31.6 Å². The predicted molar refractivity (Wildman–Crippen MR) is 171 cm³/mol. The number of ether oxygens (including phenoxy) is 2. The molecule has 14 heteroatoms. The number of allylic oxidation sites excluding steroid dienone is 4. The number of hydrogen-bond donors (Lipinski definition) is 4. The molecular weight excluding hydrogens is 640 g/mol. The zero-order valence-electron chi connectivity index (χ0n) is 27.7. The van der Waals surface area contributed by atoms with Crippen molar-refractivity contribution in [2.45, 2.75) is 83.0 Å². The highest BCUT2D eigenvalue weighted by Gasteiger charge is 2.68. The monoisotopic (exact) mass is 682 g/mol. The van der Waals surface area contributed by atoms with E-state index in [1.807, 2.05) is 19.9 Å². The van der Waals surface area contributed by atoms with Crippen molar-refractivity contribution in [1.29, 1.82) is 0 Å². The van der Waals surface area contributed by atoms with Gasteiger partial charge >= 0.3 is 17.6 Å². The number of ketones is 2. The van der Waals surface area contributed by atoms with Crippen LogP contribution in [0.25, 0.3) is 0 Å². The summed E-state index contributed by atoms with van der Waals surface area (Å²) >= 11 is 0.